The van der Waals surface area contributed by atoms with Crippen LogP contribution in [-0.4, -0.2) is 22.5 Å². The normalized spacial score (nSPS) is 11.5. The molecule has 3 rings (SSSR count). The third-order valence-corrected chi connectivity index (χ3v) is 3.82. The third kappa shape index (κ3) is 4.32. The molecule has 5 heteroatoms. The van der Waals surface area contributed by atoms with Crippen molar-refractivity contribution in [2.75, 3.05) is 6.61 Å². The maximum Gasteiger partial charge on any atom is 0.281 e. The highest BCUT2D eigenvalue weighted by atomic mass is 16.5. The highest BCUT2D eigenvalue weighted by molar-refractivity contribution is 5.80. The maximum atomic E-state index is 12.4. The van der Waals surface area contributed by atoms with E-state index in [1.54, 1.807) is 12.3 Å². The molecule has 0 fully saturated rings. The molecule has 1 aromatic heterocycles. The van der Waals surface area contributed by atoms with Crippen LogP contribution in [-0.2, 0) is 0 Å². The monoisotopic (exact) mass is 335 g/mol. The van der Waals surface area contributed by atoms with Gasteiger partial charge in [0.1, 0.15) is 12.1 Å². The Labute approximate surface area is 146 Å². The molecule has 0 aliphatic rings. The Morgan fingerprint density at radius 3 is 2.68 bits per heavy atom. The van der Waals surface area contributed by atoms with Crippen LogP contribution in [0.3, 0.4) is 0 Å². The zero-order chi connectivity index (χ0) is 17.6. The van der Waals surface area contributed by atoms with Crippen LogP contribution in [0.5, 0.6) is 5.75 Å². The van der Waals surface area contributed by atoms with Crippen molar-refractivity contribution in [2.45, 2.75) is 20.3 Å². The molecule has 5 nitrogen and oxygen atoms in total. The van der Waals surface area contributed by atoms with E-state index >= 15 is 0 Å². The van der Waals surface area contributed by atoms with Crippen LogP contribution >= 0.6 is 0 Å². The van der Waals surface area contributed by atoms with Crippen molar-refractivity contribution in [3.63, 3.8) is 0 Å². The lowest BCUT2D eigenvalue weighted by molar-refractivity contribution is 0.289. The maximum absolute atomic E-state index is 12.4. The molecule has 2 aromatic carbocycles. The number of nitrogens with zero attached hydrogens (tertiary/aromatic N) is 3. The molecule has 0 amide bonds. The number of fused-ring (bicyclic) bond motifs is 1. The van der Waals surface area contributed by atoms with E-state index in [0.29, 0.717) is 23.4 Å². The lowest BCUT2D eigenvalue weighted by atomic mass is 10.1. The second kappa shape index (κ2) is 7.75. The van der Waals surface area contributed by atoms with Gasteiger partial charge in [-0.2, -0.15) is 9.78 Å². The lowest BCUT2D eigenvalue weighted by Crippen LogP contribution is -2.16. The third-order valence-electron chi connectivity index (χ3n) is 3.82. The van der Waals surface area contributed by atoms with Gasteiger partial charge in [0.25, 0.3) is 5.56 Å². The van der Waals surface area contributed by atoms with Crippen LogP contribution in [0.1, 0.15) is 25.8 Å². The van der Waals surface area contributed by atoms with Gasteiger partial charge in [-0.15, -0.1) is 0 Å². The Balaban J connectivity index is 1.72. The van der Waals surface area contributed by atoms with Gasteiger partial charge in [0.15, 0.2) is 0 Å². The summed E-state index contributed by atoms with van der Waals surface area (Å²) in [5.41, 5.74) is 1.37. The highest BCUT2D eigenvalue weighted by Crippen LogP contribution is 2.12. The van der Waals surface area contributed by atoms with Crippen LogP contribution in [0.15, 0.2) is 64.8 Å². The smallest absolute Gasteiger partial charge is 0.281 e. The van der Waals surface area contributed by atoms with Gasteiger partial charge in [-0.25, -0.2) is 4.98 Å². The van der Waals surface area contributed by atoms with E-state index in [1.165, 1.54) is 11.0 Å². The first-order chi connectivity index (χ1) is 12.1. The Kier molecular flexibility index (Phi) is 5.23. The van der Waals surface area contributed by atoms with Gasteiger partial charge in [0, 0.05) is 0 Å². The van der Waals surface area contributed by atoms with Crippen molar-refractivity contribution in [1.82, 2.24) is 9.66 Å². The highest BCUT2D eigenvalue weighted by Gasteiger charge is 2.02. The standard InChI is InChI=1S/C20H21N3O2/c1-15(2)11-12-25-17-9-7-16(8-10-17)13-22-23-14-21-19-6-4-3-5-18(19)20(23)24/h3-10,13-15H,11-12H2,1-2H3/b22-13+. The van der Waals surface area contributed by atoms with Gasteiger partial charge < -0.3 is 4.74 Å². The summed E-state index contributed by atoms with van der Waals surface area (Å²) in [5, 5.41) is 4.77. The van der Waals surface area contributed by atoms with Crippen molar-refractivity contribution in [1.29, 1.82) is 0 Å². The van der Waals surface area contributed by atoms with Gasteiger partial charge in [0.2, 0.25) is 0 Å². The summed E-state index contributed by atoms with van der Waals surface area (Å²) in [4.78, 5) is 16.6. The second-order valence-electron chi connectivity index (χ2n) is 6.26. The molecule has 0 radical (unpaired) electrons. The first-order valence-electron chi connectivity index (χ1n) is 8.37. The van der Waals surface area contributed by atoms with Crippen molar-refractivity contribution in [3.05, 3.63) is 70.8 Å². The molecule has 0 aliphatic heterocycles. The number of benzene rings is 2. The molecule has 0 N–H and O–H groups in total. The second-order valence-corrected chi connectivity index (χ2v) is 6.26. The summed E-state index contributed by atoms with van der Waals surface area (Å²) in [6.45, 7) is 5.06. The first kappa shape index (κ1) is 16.9. The van der Waals surface area contributed by atoms with E-state index < -0.39 is 0 Å². The molecule has 0 bridgehead atoms. The minimum atomic E-state index is -0.185. The minimum absolute atomic E-state index is 0.185. The molecule has 0 unspecified atom stereocenters. The number of rotatable bonds is 6. The number of hydrogen-bond acceptors (Lipinski definition) is 4. The van der Waals surface area contributed by atoms with Gasteiger partial charge in [-0.1, -0.05) is 26.0 Å². The van der Waals surface area contributed by atoms with Crippen molar-refractivity contribution >= 4 is 17.1 Å². The largest absolute Gasteiger partial charge is 0.494 e. The van der Waals surface area contributed by atoms with Crippen LogP contribution < -0.4 is 10.3 Å². The van der Waals surface area contributed by atoms with E-state index in [-0.39, 0.29) is 5.56 Å². The van der Waals surface area contributed by atoms with Crippen molar-refractivity contribution in [3.8, 4) is 5.75 Å². The van der Waals surface area contributed by atoms with Crippen LogP contribution in [0.4, 0.5) is 0 Å². The molecule has 0 spiro atoms. The zero-order valence-corrected chi connectivity index (χ0v) is 14.4. The number of hydrogen-bond donors (Lipinski definition) is 0. The van der Waals surface area contributed by atoms with Gasteiger partial charge >= 0.3 is 0 Å². The number of ether oxygens (including phenoxy) is 1. The first-order valence-corrected chi connectivity index (χ1v) is 8.37. The average molecular weight is 335 g/mol. The summed E-state index contributed by atoms with van der Waals surface area (Å²) in [6.07, 6.45) is 4.10. The Hall–Kier alpha value is -2.95. The lowest BCUT2D eigenvalue weighted by Gasteiger charge is -2.08. The number of para-hydroxylation sites is 1. The minimum Gasteiger partial charge on any atom is -0.494 e. The fourth-order valence-electron chi connectivity index (χ4n) is 2.33. The molecule has 25 heavy (non-hydrogen) atoms. The van der Waals surface area contributed by atoms with Crippen molar-refractivity contribution < 1.29 is 4.74 Å². The molecule has 3 aromatic rings. The van der Waals surface area contributed by atoms with Crippen molar-refractivity contribution in [2.24, 2.45) is 11.0 Å². The Morgan fingerprint density at radius 2 is 1.92 bits per heavy atom. The number of aromatic nitrogens is 2. The molecule has 0 atom stereocenters. The van der Waals surface area contributed by atoms with E-state index in [9.17, 15) is 4.79 Å². The Morgan fingerprint density at radius 1 is 1.16 bits per heavy atom. The topological polar surface area (TPSA) is 56.5 Å². The predicted molar refractivity (Wildman–Crippen MR) is 100 cm³/mol. The van der Waals surface area contributed by atoms with Crippen LogP contribution in [0.2, 0.25) is 0 Å². The quantitative estimate of drug-likeness (QED) is 0.645. The average Bonchev–Trinajstić information content (AvgIpc) is 2.62. The molecule has 128 valence electrons. The molecule has 1 heterocycles. The van der Waals surface area contributed by atoms with Crippen LogP contribution in [0.25, 0.3) is 10.9 Å². The molecular formula is C20H21N3O2. The van der Waals surface area contributed by atoms with E-state index in [0.717, 1.165) is 17.7 Å². The SMILES string of the molecule is CC(C)CCOc1ccc(/C=N/n2cnc3ccccc3c2=O)cc1. The molecule has 0 saturated heterocycles. The fourth-order valence-corrected chi connectivity index (χ4v) is 2.33. The summed E-state index contributed by atoms with van der Waals surface area (Å²) in [6, 6.07) is 14.9. The fraction of sp³-hybridized carbons (Fsp3) is 0.250. The molecule has 0 aliphatic carbocycles. The van der Waals surface area contributed by atoms with Gasteiger partial charge in [0.05, 0.1) is 23.7 Å². The van der Waals surface area contributed by atoms with E-state index in [4.69, 9.17) is 4.74 Å². The van der Waals surface area contributed by atoms with E-state index in [1.807, 2.05) is 42.5 Å². The Bertz CT molecular complexity index is 928. The summed E-state index contributed by atoms with van der Waals surface area (Å²) in [5.74, 6) is 1.46. The van der Waals surface area contributed by atoms with Crippen LogP contribution in [0, 0.1) is 5.92 Å². The predicted octanol–water partition coefficient (Wildman–Crippen LogP) is 3.70. The summed E-state index contributed by atoms with van der Waals surface area (Å²) < 4.78 is 6.94. The molecule has 0 saturated carbocycles. The van der Waals surface area contributed by atoms with Gasteiger partial charge in [-0.05, 0) is 54.3 Å². The summed E-state index contributed by atoms with van der Waals surface area (Å²) in [7, 11) is 0. The summed E-state index contributed by atoms with van der Waals surface area (Å²) >= 11 is 0. The van der Waals surface area contributed by atoms with Gasteiger partial charge in [-0.3, -0.25) is 4.79 Å². The van der Waals surface area contributed by atoms with E-state index in [2.05, 4.69) is 23.9 Å². The molecular weight excluding hydrogens is 314 g/mol. The zero-order valence-electron chi connectivity index (χ0n) is 14.4.